The number of nitrogens with zero attached hydrogens (tertiary/aromatic N) is 4. The molecule has 20 heavy (non-hydrogen) atoms. The van der Waals surface area contributed by atoms with Crippen molar-refractivity contribution in [2.24, 2.45) is 7.05 Å². The molecule has 0 spiro atoms. The Hall–Kier alpha value is -1.95. The zero-order chi connectivity index (χ0) is 14.5. The van der Waals surface area contributed by atoms with Gasteiger partial charge in [-0.15, -0.1) is 10.2 Å². The minimum absolute atomic E-state index is 0.325. The molecule has 0 aliphatic carbocycles. The van der Waals surface area contributed by atoms with Gasteiger partial charge in [-0.2, -0.15) is 4.80 Å². The molecule has 1 heterocycles. The van der Waals surface area contributed by atoms with Gasteiger partial charge in [-0.25, -0.2) is 0 Å². The van der Waals surface area contributed by atoms with Crippen LogP contribution in [0.3, 0.4) is 0 Å². The van der Waals surface area contributed by atoms with E-state index in [0.29, 0.717) is 18.5 Å². The second-order valence-corrected chi connectivity index (χ2v) is 5.13. The molecular weight excluding hydrogens is 254 g/mol. The Balaban J connectivity index is 2.05. The predicted octanol–water partition coefficient (Wildman–Crippen LogP) is 1.60. The van der Waals surface area contributed by atoms with Gasteiger partial charge in [0.1, 0.15) is 5.75 Å². The van der Waals surface area contributed by atoms with E-state index >= 15 is 0 Å². The third-order valence-electron chi connectivity index (χ3n) is 2.82. The number of nitrogens with one attached hydrogen (secondary N) is 1. The molecule has 0 aliphatic heterocycles. The van der Waals surface area contributed by atoms with Gasteiger partial charge in [0.15, 0.2) is 6.61 Å². The Bertz CT molecular complexity index is 564. The van der Waals surface area contributed by atoms with Crippen LogP contribution in [0.1, 0.15) is 30.8 Å². The average molecular weight is 275 g/mol. The van der Waals surface area contributed by atoms with Gasteiger partial charge in [0.2, 0.25) is 5.82 Å². The van der Waals surface area contributed by atoms with Gasteiger partial charge in [-0.3, -0.25) is 0 Å². The van der Waals surface area contributed by atoms with E-state index in [1.165, 1.54) is 10.4 Å². The van der Waals surface area contributed by atoms with Crippen LogP contribution in [0.15, 0.2) is 18.2 Å². The minimum atomic E-state index is 0.325. The Morgan fingerprint density at radius 2 is 2.15 bits per heavy atom. The summed E-state index contributed by atoms with van der Waals surface area (Å²) in [5.41, 5.74) is 2.36. The molecule has 1 aromatic carbocycles. The lowest BCUT2D eigenvalue weighted by Gasteiger charge is -2.13. The summed E-state index contributed by atoms with van der Waals surface area (Å²) in [6.45, 7) is 7.43. The lowest BCUT2D eigenvalue weighted by atomic mass is 10.1. The molecule has 0 saturated carbocycles. The molecule has 6 nitrogen and oxygen atoms in total. The molecule has 108 valence electrons. The number of hydrogen-bond acceptors (Lipinski definition) is 5. The first-order valence-electron chi connectivity index (χ1n) is 6.73. The second-order valence-electron chi connectivity index (χ2n) is 5.13. The van der Waals surface area contributed by atoms with Crippen LogP contribution in [0.4, 0.5) is 0 Å². The van der Waals surface area contributed by atoms with Crippen LogP contribution in [0.5, 0.6) is 5.75 Å². The largest absolute Gasteiger partial charge is 0.485 e. The fraction of sp³-hybridized carbons (Fsp3) is 0.500. The van der Waals surface area contributed by atoms with Crippen molar-refractivity contribution in [2.75, 3.05) is 0 Å². The number of ether oxygens (including phenoxy) is 1. The maximum atomic E-state index is 5.81. The van der Waals surface area contributed by atoms with E-state index in [-0.39, 0.29) is 0 Å². The van der Waals surface area contributed by atoms with Crippen LogP contribution in [0.25, 0.3) is 0 Å². The Morgan fingerprint density at radius 1 is 1.35 bits per heavy atom. The van der Waals surface area contributed by atoms with Gasteiger partial charge in [0.05, 0.1) is 7.05 Å². The van der Waals surface area contributed by atoms with Crippen molar-refractivity contribution >= 4 is 0 Å². The number of aromatic nitrogens is 4. The first-order valence-corrected chi connectivity index (χ1v) is 6.73. The van der Waals surface area contributed by atoms with Crippen LogP contribution in [-0.2, 0) is 20.2 Å². The van der Waals surface area contributed by atoms with Crippen LogP contribution >= 0.6 is 0 Å². The third kappa shape index (κ3) is 4.03. The highest BCUT2D eigenvalue weighted by Gasteiger charge is 2.07. The van der Waals surface area contributed by atoms with Gasteiger partial charge < -0.3 is 10.1 Å². The van der Waals surface area contributed by atoms with Crippen LogP contribution < -0.4 is 10.1 Å². The topological polar surface area (TPSA) is 64.9 Å². The highest BCUT2D eigenvalue weighted by molar-refractivity contribution is 5.36. The Kier molecular flexibility index (Phi) is 4.68. The number of rotatable bonds is 6. The molecule has 2 rings (SSSR count). The van der Waals surface area contributed by atoms with Crippen LogP contribution in [-0.4, -0.2) is 26.2 Å². The Morgan fingerprint density at radius 3 is 2.80 bits per heavy atom. The van der Waals surface area contributed by atoms with E-state index < -0.39 is 0 Å². The van der Waals surface area contributed by atoms with Gasteiger partial charge >= 0.3 is 0 Å². The minimum Gasteiger partial charge on any atom is -0.485 e. The average Bonchev–Trinajstić information content (AvgIpc) is 2.81. The molecule has 0 atom stereocenters. The summed E-state index contributed by atoms with van der Waals surface area (Å²) in [5.74, 6) is 1.44. The van der Waals surface area contributed by atoms with Crippen molar-refractivity contribution in [1.29, 1.82) is 0 Å². The van der Waals surface area contributed by atoms with Crippen molar-refractivity contribution in [3.8, 4) is 5.75 Å². The van der Waals surface area contributed by atoms with E-state index in [9.17, 15) is 0 Å². The highest BCUT2D eigenvalue weighted by atomic mass is 16.5. The van der Waals surface area contributed by atoms with Crippen LogP contribution in [0.2, 0.25) is 0 Å². The summed E-state index contributed by atoms with van der Waals surface area (Å²) >= 11 is 0. The van der Waals surface area contributed by atoms with Crippen molar-refractivity contribution < 1.29 is 4.74 Å². The van der Waals surface area contributed by atoms with Gasteiger partial charge in [-0.1, -0.05) is 31.5 Å². The van der Waals surface area contributed by atoms with Gasteiger partial charge in [0, 0.05) is 18.2 Å². The molecule has 6 heteroatoms. The van der Waals surface area contributed by atoms with Crippen molar-refractivity contribution in [1.82, 2.24) is 25.5 Å². The maximum Gasteiger partial charge on any atom is 0.212 e. The highest BCUT2D eigenvalue weighted by Crippen LogP contribution is 2.21. The van der Waals surface area contributed by atoms with Gasteiger partial charge in [-0.05, 0) is 18.2 Å². The first-order chi connectivity index (χ1) is 9.54. The summed E-state index contributed by atoms with van der Waals surface area (Å²) in [6.07, 6.45) is 0. The molecule has 1 aromatic heterocycles. The van der Waals surface area contributed by atoms with E-state index in [0.717, 1.165) is 17.9 Å². The first kappa shape index (κ1) is 14.5. The zero-order valence-corrected chi connectivity index (χ0v) is 12.4. The number of benzene rings is 1. The van der Waals surface area contributed by atoms with Crippen LogP contribution in [0, 0.1) is 6.92 Å². The fourth-order valence-electron chi connectivity index (χ4n) is 1.82. The Labute approximate surface area is 119 Å². The lowest BCUT2D eigenvalue weighted by molar-refractivity contribution is 0.291. The normalized spacial score (nSPS) is 11.1. The molecule has 0 bridgehead atoms. The quantitative estimate of drug-likeness (QED) is 0.867. The third-order valence-corrected chi connectivity index (χ3v) is 2.82. The summed E-state index contributed by atoms with van der Waals surface area (Å²) in [6, 6.07) is 6.60. The van der Waals surface area contributed by atoms with E-state index in [1.54, 1.807) is 7.05 Å². The SMILES string of the molecule is Cc1ccc(OCc2nnn(C)n2)c(CNC(C)C)c1. The number of hydrogen-bond donors (Lipinski definition) is 1. The second kappa shape index (κ2) is 6.47. The standard InChI is InChI=1S/C14H21N5O/c1-10(2)15-8-12-7-11(3)5-6-13(12)20-9-14-16-18-19(4)17-14/h5-7,10,15H,8-9H2,1-4H3. The number of tetrazole rings is 1. The molecule has 0 radical (unpaired) electrons. The summed E-state index contributed by atoms with van der Waals surface area (Å²) in [4.78, 5) is 1.43. The molecule has 1 N–H and O–H groups in total. The molecule has 2 aromatic rings. The molecule has 0 aliphatic rings. The molecule has 0 amide bonds. The monoisotopic (exact) mass is 275 g/mol. The molecule has 0 fully saturated rings. The predicted molar refractivity (Wildman–Crippen MR) is 76.3 cm³/mol. The summed E-state index contributed by atoms with van der Waals surface area (Å²) < 4.78 is 5.81. The fourth-order valence-corrected chi connectivity index (χ4v) is 1.82. The molecule has 0 saturated heterocycles. The number of aryl methyl sites for hydroxylation is 2. The molecular formula is C14H21N5O. The summed E-state index contributed by atoms with van der Waals surface area (Å²) in [7, 11) is 1.74. The maximum absolute atomic E-state index is 5.81. The zero-order valence-electron chi connectivity index (χ0n) is 12.4. The van der Waals surface area contributed by atoms with E-state index in [2.05, 4.69) is 47.6 Å². The lowest BCUT2D eigenvalue weighted by Crippen LogP contribution is -2.22. The molecule has 0 unspecified atom stereocenters. The van der Waals surface area contributed by atoms with Crippen molar-refractivity contribution in [3.05, 3.63) is 35.2 Å². The van der Waals surface area contributed by atoms with E-state index in [4.69, 9.17) is 4.74 Å². The van der Waals surface area contributed by atoms with Crippen molar-refractivity contribution in [3.63, 3.8) is 0 Å². The summed E-state index contributed by atoms with van der Waals surface area (Å²) in [5, 5.41) is 15.2. The van der Waals surface area contributed by atoms with Gasteiger partial charge in [0.25, 0.3) is 0 Å². The smallest absolute Gasteiger partial charge is 0.212 e. The van der Waals surface area contributed by atoms with Crippen molar-refractivity contribution in [2.45, 2.75) is 40.0 Å². The van der Waals surface area contributed by atoms with E-state index in [1.807, 2.05) is 12.1 Å².